The maximum atomic E-state index is 13.4. The molecule has 27 heavy (non-hydrogen) atoms. The molecule has 6 atom stereocenters. The van der Waals surface area contributed by atoms with Gasteiger partial charge < -0.3 is 5.32 Å². The lowest BCUT2D eigenvalue weighted by Gasteiger charge is -2.29. The predicted octanol–water partition coefficient (Wildman–Crippen LogP) is 4.39. The highest BCUT2D eigenvalue weighted by molar-refractivity contribution is 6.21. The van der Waals surface area contributed by atoms with Crippen molar-refractivity contribution in [2.45, 2.75) is 37.3 Å². The molecule has 2 aromatic rings. The standard InChI is InChI=1S/C22H23ClN2O2/c1-13-7-5-6-10-18(13)24-22(26)20-19-14-11-16(17(23)12-14)21(19)27-25(20)15-8-3-2-4-9-15/h2-10,14,16-17,19-21H,11-12H2,1H3,(H,24,26)/t14-,16-,17-,19-,20-,21+/m1/s1. The summed E-state index contributed by atoms with van der Waals surface area (Å²) in [5.74, 6) is 0.974. The van der Waals surface area contributed by atoms with E-state index in [-0.39, 0.29) is 29.3 Å². The first-order chi connectivity index (χ1) is 13.1. The van der Waals surface area contributed by atoms with Gasteiger partial charge in [-0.25, -0.2) is 5.06 Å². The van der Waals surface area contributed by atoms with Crippen molar-refractivity contribution in [1.82, 2.24) is 0 Å². The summed E-state index contributed by atoms with van der Waals surface area (Å²) in [6.45, 7) is 2.01. The average Bonchev–Trinajstić information content (AvgIpc) is 3.34. The molecule has 0 aromatic heterocycles. The molecule has 0 spiro atoms. The largest absolute Gasteiger partial charge is 0.324 e. The highest BCUT2D eigenvalue weighted by Gasteiger charge is 2.62. The van der Waals surface area contributed by atoms with E-state index in [2.05, 4.69) is 5.32 Å². The van der Waals surface area contributed by atoms with Gasteiger partial charge in [-0.05, 0) is 49.4 Å². The van der Waals surface area contributed by atoms with E-state index in [1.807, 2.05) is 66.6 Å². The zero-order chi connectivity index (χ0) is 18.5. The Hall–Kier alpha value is -2.04. The molecule has 1 N–H and O–H groups in total. The fourth-order valence-electron chi connectivity index (χ4n) is 5.20. The Morgan fingerprint density at radius 3 is 2.63 bits per heavy atom. The lowest BCUT2D eigenvalue weighted by Crippen LogP contribution is -2.45. The molecule has 2 saturated carbocycles. The van der Waals surface area contributed by atoms with Crippen LogP contribution in [0, 0.1) is 24.7 Å². The van der Waals surface area contributed by atoms with Crippen LogP contribution in [-0.4, -0.2) is 23.4 Å². The lowest BCUT2D eigenvalue weighted by molar-refractivity contribution is -0.118. The number of rotatable bonds is 3. The molecule has 1 aliphatic heterocycles. The van der Waals surface area contributed by atoms with Crippen LogP contribution < -0.4 is 10.4 Å². The smallest absolute Gasteiger partial charge is 0.250 e. The Balaban J connectivity index is 1.48. The number of halogens is 1. The number of anilines is 2. The fourth-order valence-corrected chi connectivity index (χ4v) is 5.68. The molecule has 2 bridgehead atoms. The first kappa shape index (κ1) is 17.1. The number of nitrogens with zero attached hydrogens (tertiary/aromatic N) is 1. The van der Waals surface area contributed by atoms with Crippen molar-refractivity contribution < 1.29 is 9.63 Å². The van der Waals surface area contributed by atoms with Crippen LogP contribution in [-0.2, 0) is 9.63 Å². The van der Waals surface area contributed by atoms with Crippen LogP contribution >= 0.6 is 11.6 Å². The second-order valence-electron chi connectivity index (χ2n) is 7.97. The SMILES string of the molecule is Cc1ccccc1NC(=O)[C@H]1[C@H]2[C@@H]3C[C@@H]([C@@H]2ON1c1ccccc1)[C@H](Cl)C3. The second kappa shape index (κ2) is 6.54. The number of amides is 1. The first-order valence-electron chi connectivity index (χ1n) is 9.65. The van der Waals surface area contributed by atoms with Crippen molar-refractivity contribution in [2.24, 2.45) is 17.8 Å². The minimum absolute atomic E-state index is 0.000625. The highest BCUT2D eigenvalue weighted by atomic mass is 35.5. The number of carbonyl (C=O) groups excluding carboxylic acids is 1. The molecule has 1 saturated heterocycles. The number of aryl methyl sites for hydroxylation is 1. The fraction of sp³-hybridized carbons (Fsp3) is 0.409. The van der Waals surface area contributed by atoms with Gasteiger partial charge in [0.2, 0.25) is 5.91 Å². The van der Waals surface area contributed by atoms with E-state index in [4.69, 9.17) is 16.4 Å². The van der Waals surface area contributed by atoms with E-state index in [1.165, 1.54) is 0 Å². The zero-order valence-electron chi connectivity index (χ0n) is 15.2. The summed E-state index contributed by atoms with van der Waals surface area (Å²) >= 11 is 6.55. The topological polar surface area (TPSA) is 41.6 Å². The van der Waals surface area contributed by atoms with E-state index in [9.17, 15) is 4.79 Å². The predicted molar refractivity (Wildman–Crippen MR) is 107 cm³/mol. The van der Waals surface area contributed by atoms with Crippen LogP contribution in [0.4, 0.5) is 11.4 Å². The Bertz CT molecular complexity index is 858. The molecule has 3 fully saturated rings. The number of hydroxylamine groups is 1. The van der Waals surface area contributed by atoms with Gasteiger partial charge in [0, 0.05) is 22.9 Å². The summed E-state index contributed by atoms with van der Waals surface area (Å²) in [4.78, 5) is 19.8. The van der Waals surface area contributed by atoms with Crippen LogP contribution in [0.2, 0.25) is 0 Å². The number of benzene rings is 2. The minimum Gasteiger partial charge on any atom is -0.324 e. The normalized spacial score (nSPS) is 33.9. The third-order valence-corrected chi connectivity index (χ3v) is 6.95. The molecule has 0 radical (unpaired) electrons. The van der Waals surface area contributed by atoms with Crippen LogP contribution in [0.15, 0.2) is 54.6 Å². The Morgan fingerprint density at radius 2 is 1.85 bits per heavy atom. The number of alkyl halides is 1. The van der Waals surface area contributed by atoms with Gasteiger partial charge in [0.1, 0.15) is 6.04 Å². The lowest BCUT2D eigenvalue weighted by atomic mass is 9.81. The van der Waals surface area contributed by atoms with Crippen molar-refractivity contribution in [2.75, 3.05) is 10.4 Å². The molecule has 2 aliphatic carbocycles. The van der Waals surface area contributed by atoms with Crippen LogP contribution in [0.5, 0.6) is 0 Å². The van der Waals surface area contributed by atoms with E-state index in [0.717, 1.165) is 29.8 Å². The van der Waals surface area contributed by atoms with Crippen LogP contribution in [0.25, 0.3) is 0 Å². The quantitative estimate of drug-likeness (QED) is 0.800. The van der Waals surface area contributed by atoms with Gasteiger partial charge in [0.05, 0.1) is 11.8 Å². The third-order valence-electron chi connectivity index (χ3n) is 6.45. The van der Waals surface area contributed by atoms with Gasteiger partial charge in [-0.3, -0.25) is 9.63 Å². The summed E-state index contributed by atoms with van der Waals surface area (Å²) in [7, 11) is 0. The van der Waals surface area contributed by atoms with E-state index in [1.54, 1.807) is 0 Å². The average molecular weight is 383 g/mol. The third kappa shape index (κ3) is 2.74. The molecule has 5 rings (SSSR count). The van der Waals surface area contributed by atoms with Gasteiger partial charge in [-0.1, -0.05) is 36.4 Å². The number of hydrogen-bond donors (Lipinski definition) is 1. The molecule has 0 unspecified atom stereocenters. The van der Waals surface area contributed by atoms with Crippen molar-refractivity contribution in [3.05, 3.63) is 60.2 Å². The van der Waals surface area contributed by atoms with Gasteiger partial charge in [0.25, 0.3) is 0 Å². The van der Waals surface area contributed by atoms with Crippen molar-refractivity contribution in [3.8, 4) is 0 Å². The van der Waals surface area contributed by atoms with E-state index in [0.29, 0.717) is 11.8 Å². The number of carbonyl (C=O) groups is 1. The summed E-state index contributed by atoms with van der Waals surface area (Å²) in [5.41, 5.74) is 2.83. The Labute approximate surface area is 164 Å². The molecule has 2 aromatic carbocycles. The molecular weight excluding hydrogens is 360 g/mol. The maximum absolute atomic E-state index is 13.4. The number of para-hydroxylation sites is 2. The minimum atomic E-state index is -0.337. The monoisotopic (exact) mass is 382 g/mol. The van der Waals surface area contributed by atoms with E-state index >= 15 is 0 Å². The number of fused-ring (bicyclic) bond motifs is 5. The first-order valence-corrected chi connectivity index (χ1v) is 10.1. The molecule has 3 aliphatic rings. The summed E-state index contributed by atoms with van der Waals surface area (Å²) in [6.07, 6.45) is 2.08. The summed E-state index contributed by atoms with van der Waals surface area (Å²) in [6, 6.07) is 17.5. The van der Waals surface area contributed by atoms with Crippen LogP contribution in [0.1, 0.15) is 18.4 Å². The molecule has 1 amide bonds. The van der Waals surface area contributed by atoms with Crippen molar-refractivity contribution in [1.29, 1.82) is 0 Å². The molecule has 5 heteroatoms. The molecular formula is C22H23ClN2O2. The maximum Gasteiger partial charge on any atom is 0.250 e. The number of nitrogens with one attached hydrogen (secondary N) is 1. The summed E-state index contributed by atoms with van der Waals surface area (Å²) < 4.78 is 0. The second-order valence-corrected chi connectivity index (χ2v) is 8.53. The van der Waals surface area contributed by atoms with Crippen LogP contribution in [0.3, 0.4) is 0 Å². The molecule has 1 heterocycles. The highest BCUT2D eigenvalue weighted by Crippen LogP contribution is 2.57. The van der Waals surface area contributed by atoms with Gasteiger partial charge in [-0.2, -0.15) is 0 Å². The van der Waals surface area contributed by atoms with Crippen molar-refractivity contribution in [3.63, 3.8) is 0 Å². The van der Waals surface area contributed by atoms with E-state index < -0.39 is 0 Å². The Kier molecular flexibility index (Phi) is 4.14. The molecule has 4 nitrogen and oxygen atoms in total. The zero-order valence-corrected chi connectivity index (χ0v) is 16.0. The molecule has 140 valence electrons. The Morgan fingerprint density at radius 1 is 1.11 bits per heavy atom. The van der Waals surface area contributed by atoms with Gasteiger partial charge in [-0.15, -0.1) is 11.6 Å². The van der Waals surface area contributed by atoms with Gasteiger partial charge in [0.15, 0.2) is 0 Å². The van der Waals surface area contributed by atoms with Gasteiger partial charge >= 0.3 is 0 Å². The summed E-state index contributed by atoms with van der Waals surface area (Å²) in [5, 5.41) is 5.13. The number of hydrogen-bond acceptors (Lipinski definition) is 3. The van der Waals surface area contributed by atoms with Crippen molar-refractivity contribution >= 4 is 28.9 Å².